The van der Waals surface area contributed by atoms with Crippen LogP contribution in [0.25, 0.3) is 0 Å². The number of guanidine groups is 1. The average Bonchev–Trinajstić information content (AvgIpc) is 2.68. The summed E-state index contributed by atoms with van der Waals surface area (Å²) in [5, 5.41) is 0. The molecule has 19 heavy (non-hydrogen) atoms. The quantitative estimate of drug-likeness (QED) is 0.355. The van der Waals surface area contributed by atoms with Crippen molar-refractivity contribution in [2.75, 3.05) is 32.8 Å². The van der Waals surface area contributed by atoms with Gasteiger partial charge >= 0.3 is 0 Å². The van der Waals surface area contributed by atoms with Crippen LogP contribution in [-0.2, 0) is 4.74 Å². The molecule has 0 saturated carbocycles. The van der Waals surface area contributed by atoms with Crippen molar-refractivity contribution in [1.82, 2.24) is 4.90 Å². The lowest BCUT2D eigenvalue weighted by Crippen LogP contribution is -2.44. The van der Waals surface area contributed by atoms with Gasteiger partial charge in [-0.1, -0.05) is 18.1 Å². The Labute approximate surface area is 133 Å². The highest BCUT2D eigenvalue weighted by atomic mass is 127. The molecule has 0 amide bonds. The van der Waals surface area contributed by atoms with Gasteiger partial charge in [-0.15, -0.1) is 24.0 Å². The fraction of sp³-hybridized carbons (Fsp3) is 0.786. The predicted molar refractivity (Wildman–Crippen MR) is 90.1 cm³/mol. The normalized spacial score (nSPS) is 21.4. The highest BCUT2D eigenvalue weighted by Crippen LogP contribution is 2.19. The molecule has 0 aromatic rings. The maximum atomic E-state index is 6.00. The second-order valence-corrected chi connectivity index (χ2v) is 5.05. The molecule has 1 aliphatic carbocycles. The largest absolute Gasteiger partial charge is 0.378 e. The molecule has 0 bridgehead atoms. The Morgan fingerprint density at radius 1 is 1.26 bits per heavy atom. The third kappa shape index (κ3) is 6.12. The molecule has 5 heteroatoms. The van der Waals surface area contributed by atoms with E-state index in [1.54, 1.807) is 5.57 Å². The van der Waals surface area contributed by atoms with Crippen molar-refractivity contribution in [2.24, 2.45) is 10.7 Å². The zero-order valence-electron chi connectivity index (χ0n) is 11.6. The average molecular weight is 379 g/mol. The third-order valence-corrected chi connectivity index (χ3v) is 3.68. The molecule has 1 fully saturated rings. The van der Waals surface area contributed by atoms with Crippen LogP contribution in [0, 0.1) is 0 Å². The minimum absolute atomic E-state index is 0. The van der Waals surface area contributed by atoms with Gasteiger partial charge in [0.05, 0.1) is 13.2 Å². The number of hydrogen-bond donors (Lipinski definition) is 1. The first-order valence-corrected chi connectivity index (χ1v) is 7.17. The molecule has 1 aliphatic heterocycles. The van der Waals surface area contributed by atoms with Crippen molar-refractivity contribution in [1.29, 1.82) is 0 Å². The molecular formula is C14H26IN3O. The molecule has 1 heterocycles. The minimum atomic E-state index is 0. The van der Waals surface area contributed by atoms with Crippen LogP contribution in [0.1, 0.15) is 38.5 Å². The van der Waals surface area contributed by atoms with Crippen LogP contribution in [0.15, 0.2) is 16.6 Å². The van der Waals surface area contributed by atoms with Crippen molar-refractivity contribution in [3.8, 4) is 0 Å². The maximum Gasteiger partial charge on any atom is 0.191 e. The standard InChI is InChI=1S/C14H25N3O.HI/c15-14(17-9-11-18-12-10-17)16-8-7-13-5-3-1-2-4-6-13;/h5H,1-4,6-12H2,(H2,15,16);1H. The maximum absolute atomic E-state index is 6.00. The Kier molecular flexibility index (Phi) is 8.45. The van der Waals surface area contributed by atoms with Crippen LogP contribution in [-0.4, -0.2) is 43.7 Å². The molecule has 110 valence electrons. The third-order valence-electron chi connectivity index (χ3n) is 3.68. The lowest BCUT2D eigenvalue weighted by molar-refractivity contribution is 0.0674. The Balaban J connectivity index is 0.00000180. The Bertz CT molecular complexity index is 312. The van der Waals surface area contributed by atoms with Crippen LogP contribution < -0.4 is 5.73 Å². The number of rotatable bonds is 3. The summed E-state index contributed by atoms with van der Waals surface area (Å²) < 4.78 is 5.30. The van der Waals surface area contributed by atoms with Crippen LogP contribution in [0.4, 0.5) is 0 Å². The Morgan fingerprint density at radius 3 is 2.84 bits per heavy atom. The van der Waals surface area contributed by atoms with Gasteiger partial charge in [-0.25, -0.2) is 0 Å². The monoisotopic (exact) mass is 379 g/mol. The van der Waals surface area contributed by atoms with E-state index >= 15 is 0 Å². The van der Waals surface area contributed by atoms with Crippen LogP contribution in [0.5, 0.6) is 0 Å². The highest BCUT2D eigenvalue weighted by Gasteiger charge is 2.11. The molecule has 0 radical (unpaired) electrons. The molecule has 0 aromatic heterocycles. The van der Waals surface area contributed by atoms with Crippen molar-refractivity contribution in [3.05, 3.63) is 11.6 Å². The number of morpholine rings is 1. The van der Waals surface area contributed by atoms with Gasteiger partial charge in [0.1, 0.15) is 0 Å². The molecule has 1 saturated heterocycles. The number of nitrogens with zero attached hydrogens (tertiary/aromatic N) is 2. The predicted octanol–water partition coefficient (Wildman–Crippen LogP) is 2.53. The van der Waals surface area contributed by atoms with E-state index < -0.39 is 0 Å². The molecule has 2 aliphatic rings. The van der Waals surface area contributed by atoms with E-state index in [1.165, 1.54) is 32.1 Å². The summed E-state index contributed by atoms with van der Waals surface area (Å²) in [5.74, 6) is 0.688. The van der Waals surface area contributed by atoms with E-state index in [-0.39, 0.29) is 24.0 Å². The van der Waals surface area contributed by atoms with Gasteiger partial charge in [0.2, 0.25) is 0 Å². The summed E-state index contributed by atoms with van der Waals surface area (Å²) in [5.41, 5.74) is 7.57. The van der Waals surface area contributed by atoms with Crippen molar-refractivity contribution in [2.45, 2.75) is 38.5 Å². The first kappa shape index (κ1) is 16.8. The first-order valence-electron chi connectivity index (χ1n) is 7.17. The minimum Gasteiger partial charge on any atom is -0.378 e. The number of nitrogens with two attached hydrogens (primary N) is 1. The number of ether oxygens (including phenoxy) is 1. The molecule has 0 atom stereocenters. The number of allylic oxidation sites excluding steroid dienone is 1. The van der Waals surface area contributed by atoms with Crippen LogP contribution in [0.3, 0.4) is 0 Å². The van der Waals surface area contributed by atoms with Gasteiger partial charge < -0.3 is 15.4 Å². The lowest BCUT2D eigenvalue weighted by Gasteiger charge is -2.27. The summed E-state index contributed by atoms with van der Waals surface area (Å²) in [6.45, 7) is 4.10. The molecular weight excluding hydrogens is 353 g/mol. The van der Waals surface area contributed by atoms with Gasteiger partial charge in [-0.3, -0.25) is 4.99 Å². The van der Waals surface area contributed by atoms with E-state index in [1.807, 2.05) is 0 Å². The van der Waals surface area contributed by atoms with Gasteiger partial charge in [-0.05, 0) is 32.1 Å². The second kappa shape index (κ2) is 9.58. The van der Waals surface area contributed by atoms with Crippen LogP contribution >= 0.6 is 24.0 Å². The Hall–Kier alpha value is -0.300. The molecule has 2 N–H and O–H groups in total. The van der Waals surface area contributed by atoms with Crippen LogP contribution in [0.2, 0.25) is 0 Å². The summed E-state index contributed by atoms with van der Waals surface area (Å²) >= 11 is 0. The summed E-state index contributed by atoms with van der Waals surface area (Å²) in [4.78, 5) is 6.61. The molecule has 4 nitrogen and oxygen atoms in total. The number of hydrogen-bond acceptors (Lipinski definition) is 2. The van der Waals surface area contributed by atoms with E-state index in [2.05, 4.69) is 16.0 Å². The first-order chi connectivity index (χ1) is 8.86. The molecule has 0 aromatic carbocycles. The molecule has 0 spiro atoms. The number of halogens is 1. The fourth-order valence-electron chi connectivity index (χ4n) is 2.51. The molecule has 2 rings (SSSR count). The fourth-order valence-corrected chi connectivity index (χ4v) is 2.51. The van der Waals surface area contributed by atoms with Gasteiger partial charge in [-0.2, -0.15) is 0 Å². The van der Waals surface area contributed by atoms with E-state index in [0.717, 1.165) is 39.3 Å². The summed E-state index contributed by atoms with van der Waals surface area (Å²) in [7, 11) is 0. The van der Waals surface area contributed by atoms with E-state index in [4.69, 9.17) is 10.5 Å². The highest BCUT2D eigenvalue weighted by molar-refractivity contribution is 14.0. The second-order valence-electron chi connectivity index (χ2n) is 5.05. The molecule has 0 unspecified atom stereocenters. The zero-order chi connectivity index (χ0) is 12.6. The topological polar surface area (TPSA) is 50.8 Å². The lowest BCUT2D eigenvalue weighted by atomic mass is 10.1. The van der Waals surface area contributed by atoms with Gasteiger partial charge in [0, 0.05) is 19.6 Å². The van der Waals surface area contributed by atoms with Gasteiger partial charge in [0.25, 0.3) is 0 Å². The van der Waals surface area contributed by atoms with E-state index in [0.29, 0.717) is 5.96 Å². The van der Waals surface area contributed by atoms with Crippen molar-refractivity contribution < 1.29 is 4.74 Å². The Morgan fingerprint density at radius 2 is 2.05 bits per heavy atom. The van der Waals surface area contributed by atoms with Gasteiger partial charge in [0.15, 0.2) is 5.96 Å². The van der Waals surface area contributed by atoms with Crippen molar-refractivity contribution in [3.63, 3.8) is 0 Å². The summed E-state index contributed by atoms with van der Waals surface area (Å²) in [6.07, 6.45) is 10.1. The zero-order valence-corrected chi connectivity index (χ0v) is 14.0. The SMILES string of the molecule is I.NC(=NCCC1=CCCCCC1)N1CCOCC1. The smallest absolute Gasteiger partial charge is 0.191 e. The van der Waals surface area contributed by atoms with E-state index in [9.17, 15) is 0 Å². The van der Waals surface area contributed by atoms with Crippen molar-refractivity contribution >= 4 is 29.9 Å². The summed E-state index contributed by atoms with van der Waals surface area (Å²) in [6, 6.07) is 0. The number of aliphatic imine (C=N–C) groups is 1.